The van der Waals surface area contributed by atoms with Crippen LogP contribution >= 0.6 is 0 Å². The predicted octanol–water partition coefficient (Wildman–Crippen LogP) is 1.29. The van der Waals surface area contributed by atoms with E-state index in [0.29, 0.717) is 13.1 Å². The number of aliphatic carboxylic acids is 1. The lowest BCUT2D eigenvalue weighted by molar-refractivity contribution is -0.137. The lowest BCUT2D eigenvalue weighted by Crippen LogP contribution is -2.44. The highest BCUT2D eigenvalue weighted by Crippen LogP contribution is 2.47. The minimum atomic E-state index is -0.978. The lowest BCUT2D eigenvalue weighted by Gasteiger charge is -2.21. The van der Waals surface area contributed by atoms with E-state index in [1.54, 1.807) is 6.92 Å². The molecule has 0 spiro atoms. The Labute approximate surface area is 95.8 Å². The van der Waals surface area contributed by atoms with Crippen LogP contribution in [0, 0.1) is 5.41 Å². The van der Waals surface area contributed by atoms with E-state index in [9.17, 15) is 9.59 Å². The van der Waals surface area contributed by atoms with E-state index in [0.717, 1.165) is 19.3 Å². The first-order chi connectivity index (χ1) is 7.53. The zero-order valence-electron chi connectivity index (χ0n) is 9.95. The number of hydrogen-bond donors (Lipinski definition) is 2. The van der Waals surface area contributed by atoms with E-state index >= 15 is 0 Å². The summed E-state index contributed by atoms with van der Waals surface area (Å²) in [5.74, 6) is -0.978. The molecule has 5 nitrogen and oxygen atoms in total. The van der Waals surface area contributed by atoms with Gasteiger partial charge in [0.2, 0.25) is 0 Å². The van der Waals surface area contributed by atoms with Crippen LogP contribution in [0.1, 0.15) is 33.1 Å². The molecule has 0 saturated heterocycles. The summed E-state index contributed by atoms with van der Waals surface area (Å²) >= 11 is 0. The van der Waals surface area contributed by atoms with Gasteiger partial charge in [-0.25, -0.2) is 4.79 Å². The molecule has 0 aromatic heterocycles. The van der Waals surface area contributed by atoms with Crippen molar-refractivity contribution in [1.82, 2.24) is 10.2 Å². The topological polar surface area (TPSA) is 69.6 Å². The number of likely N-dealkylation sites (N-methyl/N-ethyl adjacent to an activating group) is 1. The van der Waals surface area contributed by atoms with Gasteiger partial charge in [-0.1, -0.05) is 6.92 Å². The fourth-order valence-electron chi connectivity index (χ4n) is 1.70. The summed E-state index contributed by atoms with van der Waals surface area (Å²) in [6, 6.07) is -0.273. The Kier molecular flexibility index (Phi) is 4.15. The van der Waals surface area contributed by atoms with Gasteiger partial charge in [-0.3, -0.25) is 4.79 Å². The van der Waals surface area contributed by atoms with Crippen molar-refractivity contribution in [1.29, 1.82) is 0 Å². The molecule has 2 amide bonds. The van der Waals surface area contributed by atoms with Gasteiger partial charge in [0.05, 0.1) is 0 Å². The van der Waals surface area contributed by atoms with Crippen molar-refractivity contribution in [2.45, 2.75) is 33.1 Å². The first kappa shape index (κ1) is 12.8. The normalized spacial score (nSPS) is 16.6. The van der Waals surface area contributed by atoms with Crippen molar-refractivity contribution in [3.8, 4) is 0 Å². The molecule has 0 aliphatic heterocycles. The summed E-state index contributed by atoms with van der Waals surface area (Å²) in [6.45, 7) is 4.74. The van der Waals surface area contributed by atoms with Crippen molar-refractivity contribution in [2.24, 2.45) is 5.41 Å². The molecule has 0 aromatic rings. The van der Waals surface area contributed by atoms with Gasteiger partial charge in [0.1, 0.15) is 6.54 Å². The predicted molar refractivity (Wildman–Crippen MR) is 60.2 cm³/mol. The molecule has 1 fully saturated rings. The van der Waals surface area contributed by atoms with Crippen molar-refractivity contribution in [3.63, 3.8) is 0 Å². The zero-order valence-corrected chi connectivity index (χ0v) is 9.95. The fourth-order valence-corrected chi connectivity index (χ4v) is 1.70. The van der Waals surface area contributed by atoms with Crippen LogP contribution in [0.2, 0.25) is 0 Å². The Morgan fingerprint density at radius 3 is 2.38 bits per heavy atom. The zero-order chi connectivity index (χ0) is 12.2. The largest absolute Gasteiger partial charge is 0.480 e. The van der Waals surface area contributed by atoms with E-state index < -0.39 is 5.97 Å². The van der Waals surface area contributed by atoms with Crippen LogP contribution in [-0.4, -0.2) is 41.6 Å². The number of carbonyl (C=O) groups excluding carboxylic acids is 1. The third-order valence-corrected chi connectivity index (χ3v) is 3.32. The van der Waals surface area contributed by atoms with Crippen molar-refractivity contribution < 1.29 is 14.7 Å². The van der Waals surface area contributed by atoms with E-state index in [1.807, 2.05) is 0 Å². The van der Waals surface area contributed by atoms with Crippen LogP contribution in [-0.2, 0) is 4.79 Å². The fraction of sp³-hybridized carbons (Fsp3) is 0.818. The summed E-state index contributed by atoms with van der Waals surface area (Å²) < 4.78 is 0. The van der Waals surface area contributed by atoms with Gasteiger partial charge < -0.3 is 15.3 Å². The summed E-state index contributed by atoms with van der Waals surface area (Å²) in [6.07, 6.45) is 3.39. The van der Waals surface area contributed by atoms with Crippen LogP contribution in [0.15, 0.2) is 0 Å². The van der Waals surface area contributed by atoms with Gasteiger partial charge >= 0.3 is 12.0 Å². The quantitative estimate of drug-likeness (QED) is 0.719. The van der Waals surface area contributed by atoms with Gasteiger partial charge in [0.15, 0.2) is 0 Å². The number of amides is 2. The first-order valence-corrected chi connectivity index (χ1v) is 5.77. The number of urea groups is 1. The standard InChI is InChI=1S/C11H20N2O3/c1-3-11(5-6-11)8-12-10(16)13(4-2)7-9(14)15/h3-8H2,1-2H3,(H,12,16)(H,14,15). The van der Waals surface area contributed by atoms with Gasteiger partial charge in [0.25, 0.3) is 0 Å². The SMILES string of the molecule is CCN(CC(=O)O)C(=O)NCC1(CC)CC1. The minimum Gasteiger partial charge on any atom is -0.480 e. The van der Waals surface area contributed by atoms with Crippen molar-refractivity contribution >= 4 is 12.0 Å². The monoisotopic (exact) mass is 228 g/mol. The molecule has 0 unspecified atom stereocenters. The maximum Gasteiger partial charge on any atom is 0.323 e. The van der Waals surface area contributed by atoms with Gasteiger partial charge in [-0.15, -0.1) is 0 Å². The van der Waals surface area contributed by atoms with Crippen molar-refractivity contribution in [2.75, 3.05) is 19.6 Å². The van der Waals surface area contributed by atoms with Gasteiger partial charge in [-0.05, 0) is 31.6 Å². The summed E-state index contributed by atoms with van der Waals surface area (Å²) in [4.78, 5) is 23.5. The Morgan fingerprint density at radius 1 is 1.38 bits per heavy atom. The molecule has 1 rings (SSSR count). The third-order valence-electron chi connectivity index (χ3n) is 3.32. The van der Waals surface area contributed by atoms with Gasteiger partial charge in [-0.2, -0.15) is 0 Å². The number of carboxylic acids is 1. The van der Waals surface area contributed by atoms with Gasteiger partial charge in [0, 0.05) is 13.1 Å². The molecule has 1 aliphatic carbocycles. The van der Waals surface area contributed by atoms with Crippen LogP contribution < -0.4 is 5.32 Å². The lowest BCUT2D eigenvalue weighted by atomic mass is 10.0. The highest BCUT2D eigenvalue weighted by atomic mass is 16.4. The van der Waals surface area contributed by atoms with Crippen LogP contribution in [0.3, 0.4) is 0 Å². The smallest absolute Gasteiger partial charge is 0.323 e. The number of carboxylic acid groups (broad SMARTS) is 1. The summed E-state index contributed by atoms with van der Waals surface area (Å²) in [5.41, 5.74) is 0.290. The molecule has 5 heteroatoms. The number of carbonyl (C=O) groups is 2. The summed E-state index contributed by atoms with van der Waals surface area (Å²) in [7, 11) is 0. The van der Waals surface area contributed by atoms with Crippen LogP contribution in [0.5, 0.6) is 0 Å². The minimum absolute atomic E-state index is 0.235. The van der Waals surface area contributed by atoms with E-state index in [2.05, 4.69) is 12.2 Å². The molecule has 92 valence electrons. The van der Waals surface area contributed by atoms with E-state index in [-0.39, 0.29) is 18.0 Å². The second kappa shape index (κ2) is 5.18. The molecule has 0 aromatic carbocycles. The highest BCUT2D eigenvalue weighted by Gasteiger charge is 2.40. The molecule has 0 atom stereocenters. The molecule has 1 saturated carbocycles. The molecular formula is C11H20N2O3. The number of hydrogen-bond acceptors (Lipinski definition) is 2. The number of rotatable bonds is 6. The molecule has 16 heavy (non-hydrogen) atoms. The number of nitrogens with zero attached hydrogens (tertiary/aromatic N) is 1. The Balaban J connectivity index is 2.35. The second-order valence-corrected chi connectivity index (χ2v) is 4.42. The molecule has 0 heterocycles. The molecule has 2 N–H and O–H groups in total. The molecule has 0 bridgehead atoms. The molecule has 0 radical (unpaired) electrons. The molecular weight excluding hydrogens is 208 g/mol. The van der Waals surface area contributed by atoms with E-state index in [4.69, 9.17) is 5.11 Å². The third kappa shape index (κ3) is 3.40. The Bertz CT molecular complexity index is 274. The highest BCUT2D eigenvalue weighted by molar-refractivity contribution is 5.80. The van der Waals surface area contributed by atoms with Crippen molar-refractivity contribution in [3.05, 3.63) is 0 Å². The Hall–Kier alpha value is -1.26. The average molecular weight is 228 g/mol. The van der Waals surface area contributed by atoms with Crippen LogP contribution in [0.25, 0.3) is 0 Å². The second-order valence-electron chi connectivity index (χ2n) is 4.42. The molecule has 1 aliphatic rings. The van der Waals surface area contributed by atoms with E-state index in [1.165, 1.54) is 4.90 Å². The van der Waals surface area contributed by atoms with Crippen LogP contribution in [0.4, 0.5) is 4.79 Å². The maximum absolute atomic E-state index is 11.7. The first-order valence-electron chi connectivity index (χ1n) is 5.77. The summed E-state index contributed by atoms with van der Waals surface area (Å²) in [5, 5.41) is 11.4. The maximum atomic E-state index is 11.7. The average Bonchev–Trinajstić information content (AvgIpc) is 3.03. The number of nitrogens with one attached hydrogen (secondary N) is 1. The Morgan fingerprint density at radius 2 is 2.00 bits per heavy atom.